The van der Waals surface area contributed by atoms with Crippen LogP contribution in [0.5, 0.6) is 0 Å². The first kappa shape index (κ1) is 47.4. The monoisotopic (exact) mass is 983 g/mol. The largest absolute Gasteiger partial charge is 0.454 e. The lowest BCUT2D eigenvalue weighted by molar-refractivity contribution is 0.590. The van der Waals surface area contributed by atoms with E-state index in [1.165, 1.54) is 77.8 Å². The van der Waals surface area contributed by atoms with E-state index in [1.807, 2.05) is 0 Å². The maximum Gasteiger partial charge on any atom is 0.333 e. The Balaban J connectivity index is 1.19. The van der Waals surface area contributed by atoms with Gasteiger partial charge in [0, 0.05) is 44.6 Å². The van der Waals surface area contributed by atoms with E-state index in [1.54, 1.807) is 0 Å². The van der Waals surface area contributed by atoms with E-state index < -0.39 is 0 Å². The molecule has 1 aromatic heterocycles. The molecule has 0 aliphatic carbocycles. The molecule has 2 aliphatic rings. The van der Waals surface area contributed by atoms with Gasteiger partial charge in [0.15, 0.2) is 5.58 Å². The molecular formula is C72H63BN2O. The number of anilines is 5. The molecule has 2 aliphatic heterocycles. The Labute approximate surface area is 449 Å². The summed E-state index contributed by atoms with van der Waals surface area (Å²) in [6, 6.07) is 81.8. The van der Waals surface area contributed by atoms with E-state index >= 15 is 0 Å². The van der Waals surface area contributed by atoms with E-state index in [0.717, 1.165) is 55.8 Å². The van der Waals surface area contributed by atoms with E-state index in [9.17, 15) is 0 Å². The predicted octanol–water partition coefficient (Wildman–Crippen LogP) is 18.9. The van der Waals surface area contributed by atoms with Crippen molar-refractivity contribution in [3.63, 3.8) is 0 Å². The van der Waals surface area contributed by atoms with Crippen molar-refractivity contribution in [1.82, 2.24) is 0 Å². The number of fused-ring (bicyclic) bond motifs is 8. The summed E-state index contributed by atoms with van der Waals surface area (Å²) in [5.41, 5.74) is 25.4. The maximum atomic E-state index is 7.43. The molecule has 0 saturated heterocycles. The maximum absolute atomic E-state index is 7.43. The summed E-state index contributed by atoms with van der Waals surface area (Å²) in [6.07, 6.45) is 0. The molecule has 0 amide bonds. The molecule has 0 bridgehead atoms. The second-order valence-electron chi connectivity index (χ2n) is 24.2. The smallest absolute Gasteiger partial charge is 0.333 e. The van der Waals surface area contributed by atoms with Gasteiger partial charge in [0.25, 0.3) is 0 Å². The first-order valence-corrected chi connectivity index (χ1v) is 27.0. The van der Waals surface area contributed by atoms with Crippen LogP contribution in [0.4, 0.5) is 28.4 Å². The molecule has 0 saturated carbocycles. The van der Waals surface area contributed by atoms with Gasteiger partial charge in [0.05, 0.1) is 5.69 Å². The first-order chi connectivity index (χ1) is 36.6. The van der Waals surface area contributed by atoms with Crippen LogP contribution in [-0.4, -0.2) is 6.85 Å². The van der Waals surface area contributed by atoms with Crippen molar-refractivity contribution < 1.29 is 4.42 Å². The zero-order valence-corrected chi connectivity index (χ0v) is 45.2. The van der Waals surface area contributed by atoms with Crippen molar-refractivity contribution in [1.29, 1.82) is 0 Å². The number of furan rings is 1. The van der Waals surface area contributed by atoms with Gasteiger partial charge in [-0.3, -0.25) is 0 Å². The zero-order chi connectivity index (χ0) is 52.3. The van der Waals surface area contributed by atoms with Crippen LogP contribution in [0, 0.1) is 0 Å². The Kier molecular flexibility index (Phi) is 11.0. The van der Waals surface area contributed by atoms with Gasteiger partial charge in [-0.05, 0) is 149 Å². The van der Waals surface area contributed by atoms with E-state index in [2.05, 4.69) is 290 Å². The van der Waals surface area contributed by atoms with Crippen molar-refractivity contribution in [2.45, 2.75) is 78.6 Å². The molecule has 76 heavy (non-hydrogen) atoms. The summed E-state index contributed by atoms with van der Waals surface area (Å²) < 4.78 is 7.43. The van der Waals surface area contributed by atoms with Crippen LogP contribution in [-0.2, 0) is 16.2 Å². The molecule has 0 atom stereocenters. The number of rotatable bonds is 6. The standard InChI is InChI=1S/C72H63BN2O/c1-70(2,3)53-32-28-48(29-33-53)51-31-37-64-58(41-51)60-45-61-59-44-55(72(7,8)9)35-39-66(59)76-69(61)68-67(60)73(75(64)63-38-34-54(71(4,5)6)43-57(63)49-24-17-12-18-25-49)62-36-30-52(47-22-15-11-16-23-47)42-65(62)74(68)56-27-19-26-50(40-56)46-20-13-10-14-21-46/h10-45H,1-9H3. The highest BCUT2D eigenvalue weighted by Crippen LogP contribution is 2.53. The third-order valence-electron chi connectivity index (χ3n) is 16.1. The Morgan fingerprint density at radius 1 is 0.355 bits per heavy atom. The topological polar surface area (TPSA) is 19.6 Å². The molecule has 10 aromatic carbocycles. The van der Waals surface area contributed by atoms with Crippen molar-refractivity contribution in [2.24, 2.45) is 0 Å². The molecule has 11 aromatic rings. The fraction of sp³-hybridized carbons (Fsp3) is 0.167. The fourth-order valence-electron chi connectivity index (χ4n) is 11.9. The molecular weight excluding hydrogens is 920 g/mol. The minimum Gasteiger partial charge on any atom is -0.454 e. The number of nitrogens with zero attached hydrogens (tertiary/aromatic N) is 2. The minimum absolute atomic E-state index is 0.0439. The summed E-state index contributed by atoms with van der Waals surface area (Å²) in [7, 11) is 0. The predicted molar refractivity (Wildman–Crippen MR) is 325 cm³/mol. The number of hydrogen-bond donors (Lipinski definition) is 0. The van der Waals surface area contributed by atoms with Crippen molar-refractivity contribution in [3.05, 3.63) is 235 Å². The van der Waals surface area contributed by atoms with E-state index in [4.69, 9.17) is 4.42 Å². The average molecular weight is 983 g/mol. The highest BCUT2D eigenvalue weighted by Gasteiger charge is 2.47. The Bertz CT molecular complexity index is 4040. The van der Waals surface area contributed by atoms with Gasteiger partial charge in [0.1, 0.15) is 5.58 Å². The van der Waals surface area contributed by atoms with Crippen molar-refractivity contribution in [3.8, 4) is 55.6 Å². The van der Waals surface area contributed by atoms with Gasteiger partial charge in [-0.1, -0.05) is 220 Å². The van der Waals surface area contributed by atoms with Crippen LogP contribution in [0.3, 0.4) is 0 Å². The SMILES string of the molecule is CC(C)(C)c1ccc(-c2ccc3c(c2)-c2cc4c(oc5ccc(C(C)(C)C)cc54)c4c2B(c2ccc(-c5ccccc5)cc2N4c2cccc(-c4ccccc4)c2)N3c2ccc(C(C)(C)C)cc2-c2ccccc2)cc1. The average Bonchev–Trinajstić information content (AvgIpc) is 3.90. The van der Waals surface area contributed by atoms with Crippen molar-refractivity contribution in [2.75, 3.05) is 9.71 Å². The van der Waals surface area contributed by atoms with Crippen molar-refractivity contribution >= 4 is 68.1 Å². The van der Waals surface area contributed by atoms with Gasteiger partial charge in [-0.2, -0.15) is 0 Å². The Morgan fingerprint density at radius 2 is 0.868 bits per heavy atom. The third kappa shape index (κ3) is 7.97. The van der Waals surface area contributed by atoms with Crippen LogP contribution in [0.15, 0.2) is 223 Å². The van der Waals surface area contributed by atoms with Gasteiger partial charge in [-0.15, -0.1) is 0 Å². The molecule has 0 spiro atoms. The molecule has 0 radical (unpaired) electrons. The minimum atomic E-state index is -0.256. The number of hydrogen-bond acceptors (Lipinski definition) is 3. The lowest BCUT2D eigenvalue weighted by Crippen LogP contribution is -2.61. The molecule has 3 nitrogen and oxygen atoms in total. The number of benzene rings is 10. The zero-order valence-electron chi connectivity index (χ0n) is 45.2. The van der Waals surface area contributed by atoms with Gasteiger partial charge in [0.2, 0.25) is 0 Å². The summed E-state index contributed by atoms with van der Waals surface area (Å²) in [6.45, 7) is 20.5. The Morgan fingerprint density at radius 3 is 1.53 bits per heavy atom. The second-order valence-corrected chi connectivity index (χ2v) is 24.2. The normalized spacial score (nSPS) is 13.2. The van der Waals surface area contributed by atoms with E-state index in [0.29, 0.717) is 0 Å². The Hall–Kier alpha value is -8.34. The summed E-state index contributed by atoms with van der Waals surface area (Å²) in [4.78, 5) is 5.21. The fourth-order valence-corrected chi connectivity index (χ4v) is 11.9. The van der Waals surface area contributed by atoms with Crippen LogP contribution in [0.1, 0.15) is 79.0 Å². The molecule has 0 fully saturated rings. The summed E-state index contributed by atoms with van der Waals surface area (Å²) >= 11 is 0. The molecule has 370 valence electrons. The van der Waals surface area contributed by atoms with Gasteiger partial charge in [-0.25, -0.2) is 0 Å². The first-order valence-electron chi connectivity index (χ1n) is 27.0. The molecule has 13 rings (SSSR count). The molecule has 4 heteroatoms. The van der Waals surface area contributed by atoms with Crippen LogP contribution < -0.4 is 20.6 Å². The van der Waals surface area contributed by atoms with Gasteiger partial charge < -0.3 is 14.1 Å². The highest BCUT2D eigenvalue weighted by atomic mass is 16.3. The third-order valence-corrected chi connectivity index (χ3v) is 16.1. The summed E-state index contributed by atoms with van der Waals surface area (Å²) in [5.74, 6) is 0. The lowest BCUT2D eigenvalue weighted by atomic mass is 9.43. The van der Waals surface area contributed by atoms with Crippen LogP contribution in [0.2, 0.25) is 0 Å². The highest BCUT2D eigenvalue weighted by molar-refractivity contribution is 6.94. The molecule has 0 unspecified atom stereocenters. The van der Waals surface area contributed by atoms with E-state index in [-0.39, 0.29) is 23.1 Å². The lowest BCUT2D eigenvalue weighted by Gasteiger charge is -2.46. The second kappa shape index (κ2) is 17.6. The van der Waals surface area contributed by atoms with Gasteiger partial charge >= 0.3 is 6.85 Å². The molecule has 3 heterocycles. The van der Waals surface area contributed by atoms with Crippen LogP contribution in [0.25, 0.3) is 77.6 Å². The van der Waals surface area contributed by atoms with Crippen LogP contribution >= 0.6 is 0 Å². The quantitative estimate of drug-likeness (QED) is 0.155. The summed E-state index contributed by atoms with van der Waals surface area (Å²) in [5, 5.41) is 2.24. The molecule has 0 N–H and O–H groups in total.